The molecule has 0 aliphatic heterocycles. The molecule has 0 bridgehead atoms. The van der Waals surface area contributed by atoms with Crippen molar-refractivity contribution in [2.45, 2.75) is 39.7 Å². The molecule has 0 aliphatic carbocycles. The van der Waals surface area contributed by atoms with Crippen LogP contribution in [0.4, 0.5) is 5.69 Å². The Hall–Kier alpha value is -2.71. The van der Waals surface area contributed by atoms with Gasteiger partial charge in [-0.15, -0.1) is 11.3 Å². The third-order valence-corrected chi connectivity index (χ3v) is 5.52. The molecule has 2 amide bonds. The standard InChI is InChI=1S/C21H23ClN2O5S/c1-12-5-4-6-13(2)20(12)24-18(26)11-23-21(28)14(3)29-19(27)10-7-15(25)16-8-9-17(22)30-16/h4-6,8-9,14H,7,10-11H2,1-3H3,(H,23,28)(H,24,26). The number of carbonyl (C=O) groups is 4. The molecule has 1 heterocycles. The number of carbonyl (C=O) groups excluding carboxylic acids is 4. The summed E-state index contributed by atoms with van der Waals surface area (Å²) in [6.45, 7) is 4.89. The molecule has 0 fully saturated rings. The van der Waals surface area contributed by atoms with E-state index in [4.69, 9.17) is 16.3 Å². The van der Waals surface area contributed by atoms with Crippen molar-refractivity contribution in [1.29, 1.82) is 0 Å². The molecule has 2 aromatic rings. The number of thiophene rings is 1. The van der Waals surface area contributed by atoms with Crippen LogP contribution in [0.5, 0.6) is 0 Å². The molecule has 0 saturated carbocycles. The van der Waals surface area contributed by atoms with Crippen molar-refractivity contribution in [2.24, 2.45) is 0 Å². The lowest BCUT2D eigenvalue weighted by Crippen LogP contribution is -2.40. The number of hydrogen-bond acceptors (Lipinski definition) is 6. The van der Waals surface area contributed by atoms with Gasteiger partial charge in [-0.1, -0.05) is 29.8 Å². The van der Waals surface area contributed by atoms with E-state index in [0.29, 0.717) is 14.9 Å². The Kier molecular flexibility index (Phi) is 8.56. The van der Waals surface area contributed by atoms with Crippen LogP contribution in [0.25, 0.3) is 0 Å². The second kappa shape index (κ2) is 10.9. The van der Waals surface area contributed by atoms with E-state index in [1.165, 1.54) is 6.92 Å². The van der Waals surface area contributed by atoms with E-state index in [1.807, 2.05) is 32.0 Å². The highest BCUT2D eigenvalue weighted by molar-refractivity contribution is 7.18. The summed E-state index contributed by atoms with van der Waals surface area (Å²) in [7, 11) is 0. The molecule has 1 atom stereocenters. The van der Waals surface area contributed by atoms with Crippen molar-refractivity contribution in [1.82, 2.24) is 5.32 Å². The molecule has 0 spiro atoms. The van der Waals surface area contributed by atoms with Crippen LogP contribution < -0.4 is 10.6 Å². The number of aryl methyl sites for hydroxylation is 2. The summed E-state index contributed by atoms with van der Waals surface area (Å²) in [5.41, 5.74) is 2.53. The number of ether oxygens (including phenoxy) is 1. The number of benzene rings is 1. The molecule has 1 aromatic carbocycles. The molecule has 1 aromatic heterocycles. The first kappa shape index (κ1) is 23.6. The lowest BCUT2D eigenvalue weighted by atomic mass is 10.1. The third-order valence-electron chi connectivity index (χ3n) is 4.25. The van der Waals surface area contributed by atoms with Crippen LogP contribution in [0.15, 0.2) is 30.3 Å². The first-order valence-corrected chi connectivity index (χ1v) is 10.5. The van der Waals surface area contributed by atoms with Crippen LogP contribution in [0, 0.1) is 13.8 Å². The summed E-state index contributed by atoms with van der Waals surface area (Å²) in [6, 6.07) is 8.85. The maximum Gasteiger partial charge on any atom is 0.307 e. The lowest BCUT2D eigenvalue weighted by Gasteiger charge is -2.14. The van der Waals surface area contributed by atoms with Crippen molar-refractivity contribution < 1.29 is 23.9 Å². The average Bonchev–Trinajstić information content (AvgIpc) is 3.13. The van der Waals surface area contributed by atoms with Gasteiger partial charge in [-0.05, 0) is 44.0 Å². The van der Waals surface area contributed by atoms with E-state index in [9.17, 15) is 19.2 Å². The normalized spacial score (nSPS) is 11.5. The Bertz CT molecular complexity index is 936. The van der Waals surface area contributed by atoms with Gasteiger partial charge in [0.2, 0.25) is 5.91 Å². The fraction of sp³-hybridized carbons (Fsp3) is 0.333. The van der Waals surface area contributed by atoms with Crippen LogP contribution in [0.1, 0.15) is 40.6 Å². The predicted octanol–water partition coefficient (Wildman–Crippen LogP) is 3.67. The number of amides is 2. The minimum atomic E-state index is -1.09. The van der Waals surface area contributed by atoms with Gasteiger partial charge in [0.25, 0.3) is 5.91 Å². The van der Waals surface area contributed by atoms with Crippen LogP contribution in [0.3, 0.4) is 0 Å². The van der Waals surface area contributed by atoms with E-state index >= 15 is 0 Å². The molecule has 160 valence electrons. The number of ketones is 1. The highest BCUT2D eigenvalue weighted by Gasteiger charge is 2.20. The van der Waals surface area contributed by atoms with E-state index in [0.717, 1.165) is 22.5 Å². The summed E-state index contributed by atoms with van der Waals surface area (Å²) in [5, 5.41) is 5.19. The molecule has 0 aliphatic rings. The molecule has 2 rings (SSSR count). The number of para-hydroxylation sites is 1. The zero-order chi connectivity index (χ0) is 22.3. The molecule has 2 N–H and O–H groups in total. The molecule has 7 nitrogen and oxygen atoms in total. The SMILES string of the molecule is Cc1cccc(C)c1NC(=O)CNC(=O)C(C)OC(=O)CCC(=O)c1ccc(Cl)s1. The van der Waals surface area contributed by atoms with E-state index in [2.05, 4.69) is 10.6 Å². The largest absolute Gasteiger partial charge is 0.453 e. The summed E-state index contributed by atoms with van der Waals surface area (Å²) < 4.78 is 5.53. The number of hydrogen-bond donors (Lipinski definition) is 2. The van der Waals surface area contributed by atoms with Gasteiger partial charge in [0.1, 0.15) is 0 Å². The summed E-state index contributed by atoms with van der Waals surface area (Å²) >= 11 is 6.92. The summed E-state index contributed by atoms with van der Waals surface area (Å²) in [5.74, 6) is -1.88. The summed E-state index contributed by atoms with van der Waals surface area (Å²) in [6.07, 6.45) is -1.28. The monoisotopic (exact) mass is 450 g/mol. The zero-order valence-corrected chi connectivity index (χ0v) is 18.5. The average molecular weight is 451 g/mol. The van der Waals surface area contributed by atoms with Gasteiger partial charge in [0, 0.05) is 12.1 Å². The molecule has 30 heavy (non-hydrogen) atoms. The minimum absolute atomic E-state index is 0.0395. The maximum absolute atomic E-state index is 12.1. The van der Waals surface area contributed by atoms with Gasteiger partial charge in [0.05, 0.1) is 22.2 Å². The number of halogens is 1. The van der Waals surface area contributed by atoms with Crippen molar-refractivity contribution in [3.63, 3.8) is 0 Å². The van der Waals surface area contributed by atoms with Gasteiger partial charge >= 0.3 is 5.97 Å². The van der Waals surface area contributed by atoms with Crippen LogP contribution in [-0.2, 0) is 19.1 Å². The quantitative estimate of drug-likeness (QED) is 0.448. The maximum atomic E-state index is 12.1. The molecule has 0 radical (unpaired) electrons. The Labute approximate surface area is 183 Å². The van der Waals surface area contributed by atoms with Crippen molar-refractivity contribution in [3.05, 3.63) is 50.7 Å². The van der Waals surface area contributed by atoms with Gasteiger partial charge in [-0.2, -0.15) is 0 Å². The van der Waals surface area contributed by atoms with Crippen LogP contribution in [-0.4, -0.2) is 36.2 Å². The molecular weight excluding hydrogens is 428 g/mol. The Morgan fingerprint density at radius 1 is 1.07 bits per heavy atom. The Morgan fingerprint density at radius 3 is 2.33 bits per heavy atom. The predicted molar refractivity (Wildman–Crippen MR) is 116 cm³/mol. The minimum Gasteiger partial charge on any atom is -0.453 e. The molecule has 9 heteroatoms. The number of rotatable bonds is 9. The van der Waals surface area contributed by atoms with Gasteiger partial charge in [0.15, 0.2) is 11.9 Å². The molecular formula is C21H23ClN2O5S. The van der Waals surface area contributed by atoms with Crippen molar-refractivity contribution in [2.75, 3.05) is 11.9 Å². The molecule has 0 saturated heterocycles. The van der Waals surface area contributed by atoms with Gasteiger partial charge in [-0.3, -0.25) is 19.2 Å². The van der Waals surface area contributed by atoms with Gasteiger partial charge < -0.3 is 15.4 Å². The highest BCUT2D eigenvalue weighted by Crippen LogP contribution is 2.23. The number of esters is 1. The van der Waals surface area contributed by atoms with E-state index in [1.54, 1.807) is 12.1 Å². The van der Waals surface area contributed by atoms with Crippen molar-refractivity contribution in [3.8, 4) is 0 Å². The molecule has 1 unspecified atom stereocenters. The van der Waals surface area contributed by atoms with E-state index in [-0.39, 0.29) is 31.1 Å². The Balaban J connectivity index is 1.73. The zero-order valence-electron chi connectivity index (χ0n) is 16.9. The smallest absolute Gasteiger partial charge is 0.307 e. The fourth-order valence-electron chi connectivity index (χ4n) is 2.62. The van der Waals surface area contributed by atoms with Crippen molar-refractivity contribution >= 4 is 52.2 Å². The van der Waals surface area contributed by atoms with E-state index < -0.39 is 18.0 Å². The first-order valence-electron chi connectivity index (χ1n) is 9.29. The van der Waals surface area contributed by atoms with Crippen LogP contribution in [0.2, 0.25) is 4.34 Å². The number of anilines is 1. The topological polar surface area (TPSA) is 102 Å². The van der Waals surface area contributed by atoms with Crippen LogP contribution >= 0.6 is 22.9 Å². The lowest BCUT2D eigenvalue weighted by molar-refractivity contribution is -0.154. The number of Topliss-reactive ketones (excluding diaryl/α,β-unsaturated/α-hetero) is 1. The van der Waals surface area contributed by atoms with Gasteiger partial charge in [-0.25, -0.2) is 0 Å². The summed E-state index contributed by atoms with van der Waals surface area (Å²) in [4.78, 5) is 48.5. The fourth-order valence-corrected chi connectivity index (χ4v) is 3.63. The highest BCUT2D eigenvalue weighted by atomic mass is 35.5. The third kappa shape index (κ3) is 6.96. The Morgan fingerprint density at radius 2 is 1.73 bits per heavy atom. The second-order valence-electron chi connectivity index (χ2n) is 6.69. The number of nitrogens with one attached hydrogen (secondary N) is 2. The first-order chi connectivity index (χ1) is 14.2. The second-order valence-corrected chi connectivity index (χ2v) is 8.41.